The third kappa shape index (κ3) is 3.71. The second kappa shape index (κ2) is 8.17. The molecule has 0 unspecified atom stereocenters. The fourth-order valence-electron chi connectivity index (χ4n) is 5.30. The van der Waals surface area contributed by atoms with Crippen LogP contribution in [0.3, 0.4) is 0 Å². The molecule has 0 bridgehead atoms. The number of anilines is 1. The monoisotopic (exact) mass is 535 g/mol. The number of nitrogens with zero attached hydrogens (tertiary/aromatic N) is 6. The van der Waals surface area contributed by atoms with Crippen LogP contribution in [0.5, 0.6) is 5.75 Å². The largest absolute Gasteiger partial charge is 0.497 e. The molecule has 35 heavy (non-hydrogen) atoms. The van der Waals surface area contributed by atoms with Crippen molar-refractivity contribution in [1.29, 1.82) is 0 Å². The summed E-state index contributed by atoms with van der Waals surface area (Å²) in [5, 5.41) is 8.94. The van der Waals surface area contributed by atoms with Crippen LogP contribution in [-0.2, 0) is 4.79 Å². The van der Waals surface area contributed by atoms with Gasteiger partial charge in [-0.2, -0.15) is 4.52 Å². The lowest BCUT2D eigenvalue weighted by Gasteiger charge is -2.59. The van der Waals surface area contributed by atoms with E-state index in [1.54, 1.807) is 11.6 Å². The quantitative estimate of drug-likeness (QED) is 0.419. The SMILES string of the molecule is COc1ccc(-c2nc3c4cccc(Br)c4nc(N[C@H](C)C(=O)N4CC5(CN(C)C5)C4)n3n2)cc1. The highest BCUT2D eigenvalue weighted by molar-refractivity contribution is 9.10. The van der Waals surface area contributed by atoms with Gasteiger partial charge in [0.05, 0.1) is 12.6 Å². The van der Waals surface area contributed by atoms with Crippen LogP contribution in [0.25, 0.3) is 27.9 Å². The molecule has 2 aliphatic heterocycles. The molecule has 2 saturated heterocycles. The molecule has 1 atom stereocenters. The number of hydrogen-bond donors (Lipinski definition) is 1. The van der Waals surface area contributed by atoms with Crippen molar-refractivity contribution in [2.24, 2.45) is 5.41 Å². The number of carbonyl (C=O) groups is 1. The summed E-state index contributed by atoms with van der Waals surface area (Å²) in [6.07, 6.45) is 0. The lowest BCUT2D eigenvalue weighted by Crippen LogP contribution is -2.72. The second-order valence-corrected chi connectivity index (χ2v) is 10.6. The van der Waals surface area contributed by atoms with Gasteiger partial charge >= 0.3 is 0 Å². The Morgan fingerprint density at radius 3 is 2.54 bits per heavy atom. The molecule has 4 heterocycles. The molecule has 1 amide bonds. The highest BCUT2D eigenvalue weighted by Crippen LogP contribution is 2.39. The predicted molar refractivity (Wildman–Crippen MR) is 138 cm³/mol. The van der Waals surface area contributed by atoms with E-state index in [9.17, 15) is 4.79 Å². The Hall–Kier alpha value is -3.24. The van der Waals surface area contributed by atoms with Crippen LogP contribution < -0.4 is 10.1 Å². The van der Waals surface area contributed by atoms with Gasteiger partial charge < -0.3 is 19.9 Å². The molecule has 9 nitrogen and oxygen atoms in total. The Kier molecular flexibility index (Phi) is 5.19. The van der Waals surface area contributed by atoms with Gasteiger partial charge in [0, 0.05) is 47.0 Å². The number of fused-ring (bicyclic) bond motifs is 3. The van der Waals surface area contributed by atoms with E-state index in [0.29, 0.717) is 22.8 Å². The van der Waals surface area contributed by atoms with E-state index in [2.05, 4.69) is 33.2 Å². The smallest absolute Gasteiger partial charge is 0.244 e. The molecule has 1 N–H and O–H groups in total. The van der Waals surface area contributed by atoms with Crippen LogP contribution >= 0.6 is 15.9 Å². The molecule has 180 valence electrons. The minimum absolute atomic E-state index is 0.0721. The number of hydrogen-bond acceptors (Lipinski definition) is 7. The lowest BCUT2D eigenvalue weighted by atomic mass is 9.73. The van der Waals surface area contributed by atoms with Crippen molar-refractivity contribution in [3.63, 3.8) is 0 Å². The van der Waals surface area contributed by atoms with E-state index < -0.39 is 6.04 Å². The number of para-hydroxylation sites is 1. The maximum Gasteiger partial charge on any atom is 0.244 e. The molecule has 2 aromatic heterocycles. The normalized spacial score (nSPS) is 17.9. The van der Waals surface area contributed by atoms with Crippen molar-refractivity contribution in [2.75, 3.05) is 45.7 Å². The predicted octanol–water partition coefficient (Wildman–Crippen LogP) is 3.29. The van der Waals surface area contributed by atoms with Crippen molar-refractivity contribution in [2.45, 2.75) is 13.0 Å². The molecule has 10 heteroatoms. The number of carbonyl (C=O) groups excluding carboxylic acids is 1. The molecule has 0 saturated carbocycles. The Balaban J connectivity index is 1.34. The number of amides is 1. The molecule has 0 aliphatic carbocycles. The summed E-state index contributed by atoms with van der Waals surface area (Å²) >= 11 is 3.61. The first-order chi connectivity index (χ1) is 16.9. The van der Waals surface area contributed by atoms with E-state index >= 15 is 0 Å². The van der Waals surface area contributed by atoms with Gasteiger partial charge in [0.15, 0.2) is 11.5 Å². The van der Waals surface area contributed by atoms with Crippen LogP contribution in [0.15, 0.2) is 46.9 Å². The summed E-state index contributed by atoms with van der Waals surface area (Å²) in [5.74, 6) is 1.89. The van der Waals surface area contributed by atoms with Crippen LogP contribution in [0.2, 0.25) is 0 Å². The standard InChI is InChI=1S/C25H26BrN7O2/c1-15(23(34)32-13-25(14-32)11-31(2)12-25)27-24-28-20-18(5-4-6-19(20)26)22-29-21(30-33(22)24)16-7-9-17(35-3)10-8-16/h4-10,15H,11-14H2,1-3H3,(H,27,28)/t15-/m1/s1. The number of likely N-dealkylation sites (tertiary alicyclic amines) is 2. The molecule has 1 spiro atoms. The summed E-state index contributed by atoms with van der Waals surface area (Å²) in [5.41, 5.74) is 2.59. The van der Waals surface area contributed by atoms with Crippen molar-refractivity contribution in [3.05, 3.63) is 46.9 Å². The van der Waals surface area contributed by atoms with Crippen molar-refractivity contribution >= 4 is 44.3 Å². The highest BCUT2D eigenvalue weighted by atomic mass is 79.9. The number of ether oxygens (including phenoxy) is 1. The van der Waals surface area contributed by atoms with Gasteiger partial charge in [0.2, 0.25) is 11.9 Å². The zero-order valence-corrected chi connectivity index (χ0v) is 21.4. The van der Waals surface area contributed by atoms with Crippen LogP contribution in [-0.4, -0.2) is 81.7 Å². The van der Waals surface area contributed by atoms with Gasteiger partial charge in [-0.1, -0.05) is 6.07 Å². The van der Waals surface area contributed by atoms with Crippen LogP contribution in [0.1, 0.15) is 6.92 Å². The van der Waals surface area contributed by atoms with E-state index in [4.69, 9.17) is 19.8 Å². The molecule has 0 radical (unpaired) electrons. The summed E-state index contributed by atoms with van der Waals surface area (Å²) < 4.78 is 7.82. The summed E-state index contributed by atoms with van der Waals surface area (Å²) in [7, 11) is 3.76. The number of rotatable bonds is 5. The van der Waals surface area contributed by atoms with Crippen LogP contribution in [0.4, 0.5) is 5.95 Å². The number of benzene rings is 2. The summed E-state index contributed by atoms with van der Waals surface area (Å²) in [6, 6.07) is 13.0. The van der Waals surface area contributed by atoms with Crippen LogP contribution in [0, 0.1) is 5.41 Å². The lowest BCUT2D eigenvalue weighted by molar-refractivity contribution is -0.157. The van der Waals surface area contributed by atoms with E-state index in [1.807, 2.05) is 54.3 Å². The maximum atomic E-state index is 13.1. The average molecular weight is 536 g/mol. The molecule has 6 rings (SSSR count). The average Bonchev–Trinajstić information content (AvgIpc) is 3.27. The van der Waals surface area contributed by atoms with Crippen molar-refractivity contribution in [3.8, 4) is 17.1 Å². The molecular weight excluding hydrogens is 510 g/mol. The third-order valence-corrected chi connectivity index (χ3v) is 7.53. The summed E-state index contributed by atoms with van der Waals surface area (Å²) in [4.78, 5) is 27.0. The Labute approximate surface area is 211 Å². The zero-order valence-electron chi connectivity index (χ0n) is 19.8. The van der Waals surface area contributed by atoms with Gasteiger partial charge in [-0.3, -0.25) is 4.79 Å². The topological polar surface area (TPSA) is 87.9 Å². The number of methoxy groups -OCH3 is 1. The van der Waals surface area contributed by atoms with Gasteiger partial charge in [-0.05, 0) is 66.3 Å². The molecule has 4 aromatic rings. The van der Waals surface area contributed by atoms with Crippen molar-refractivity contribution in [1.82, 2.24) is 29.4 Å². The third-order valence-electron chi connectivity index (χ3n) is 6.89. The molecule has 2 aromatic carbocycles. The number of nitrogens with one attached hydrogen (secondary N) is 1. The first-order valence-electron chi connectivity index (χ1n) is 11.6. The van der Waals surface area contributed by atoms with Gasteiger partial charge in [0.25, 0.3) is 0 Å². The summed E-state index contributed by atoms with van der Waals surface area (Å²) in [6.45, 7) is 5.64. The Morgan fingerprint density at radius 1 is 1.11 bits per heavy atom. The van der Waals surface area contributed by atoms with E-state index in [-0.39, 0.29) is 5.91 Å². The molecule has 2 aliphatic rings. The molecule has 2 fully saturated rings. The minimum atomic E-state index is -0.450. The Bertz CT molecular complexity index is 1440. The molecular formula is C25H26BrN7O2. The van der Waals surface area contributed by atoms with Gasteiger partial charge in [-0.15, -0.1) is 5.10 Å². The van der Waals surface area contributed by atoms with E-state index in [1.165, 1.54) is 0 Å². The van der Waals surface area contributed by atoms with Crippen molar-refractivity contribution < 1.29 is 9.53 Å². The number of aromatic nitrogens is 4. The fourth-order valence-corrected chi connectivity index (χ4v) is 5.75. The first-order valence-corrected chi connectivity index (χ1v) is 12.4. The van der Waals surface area contributed by atoms with E-state index in [0.717, 1.165) is 52.9 Å². The maximum absolute atomic E-state index is 13.1. The van der Waals surface area contributed by atoms with Gasteiger partial charge in [-0.25, -0.2) is 9.97 Å². The zero-order chi connectivity index (χ0) is 24.3. The Morgan fingerprint density at radius 2 is 1.86 bits per heavy atom. The number of halogens is 1. The van der Waals surface area contributed by atoms with Gasteiger partial charge in [0.1, 0.15) is 11.8 Å². The first kappa shape index (κ1) is 22.2. The minimum Gasteiger partial charge on any atom is -0.497 e. The second-order valence-electron chi connectivity index (χ2n) is 9.70. The fraction of sp³-hybridized carbons (Fsp3) is 0.360. The highest BCUT2D eigenvalue weighted by Gasteiger charge is 2.52.